The molecule has 2 nitrogen and oxygen atoms in total. The van der Waals surface area contributed by atoms with Crippen molar-refractivity contribution in [2.45, 2.75) is 46.5 Å². The molecule has 1 aromatic rings. The van der Waals surface area contributed by atoms with Gasteiger partial charge in [0.1, 0.15) is 0 Å². The van der Waals surface area contributed by atoms with Gasteiger partial charge in [-0.05, 0) is 62.3 Å². The topological polar surface area (TPSA) is 37.3 Å². The molecular weight excluding hydrogens is 200 g/mol. The second-order valence-electron chi connectivity index (χ2n) is 4.46. The number of rotatable bonds is 5. The number of aliphatic carboxylic acids is 1. The van der Waals surface area contributed by atoms with E-state index in [4.69, 9.17) is 5.11 Å². The molecule has 1 N–H and O–H groups in total. The molecule has 16 heavy (non-hydrogen) atoms. The first-order chi connectivity index (χ1) is 7.50. The zero-order valence-corrected chi connectivity index (χ0v) is 10.3. The van der Waals surface area contributed by atoms with Gasteiger partial charge in [-0.15, -0.1) is 0 Å². The first-order valence-electron chi connectivity index (χ1n) is 5.79. The number of carboxylic acids is 1. The number of aryl methyl sites for hydroxylation is 4. The van der Waals surface area contributed by atoms with E-state index in [0.717, 1.165) is 19.3 Å². The van der Waals surface area contributed by atoms with E-state index >= 15 is 0 Å². The Hall–Kier alpha value is -1.31. The molecule has 0 spiro atoms. The first kappa shape index (κ1) is 12.8. The van der Waals surface area contributed by atoms with Gasteiger partial charge in [0.05, 0.1) is 0 Å². The molecule has 0 radical (unpaired) electrons. The second kappa shape index (κ2) is 5.69. The lowest BCUT2D eigenvalue weighted by Crippen LogP contribution is -1.97. The minimum atomic E-state index is -0.697. The molecule has 0 aromatic heterocycles. The standard InChI is InChI=1S/C14H20O2/c1-10-8-12(3)13(9-11(10)2)6-4-5-7-14(15)16/h8-9H,4-7H2,1-3H3,(H,15,16). The molecule has 0 saturated carbocycles. The monoisotopic (exact) mass is 220 g/mol. The summed E-state index contributed by atoms with van der Waals surface area (Å²) in [7, 11) is 0. The van der Waals surface area contributed by atoms with Crippen molar-refractivity contribution in [2.75, 3.05) is 0 Å². The van der Waals surface area contributed by atoms with Crippen molar-refractivity contribution in [2.24, 2.45) is 0 Å². The molecule has 0 saturated heterocycles. The van der Waals surface area contributed by atoms with Gasteiger partial charge in [0.15, 0.2) is 0 Å². The molecule has 1 rings (SSSR count). The van der Waals surface area contributed by atoms with Crippen LogP contribution in [-0.4, -0.2) is 11.1 Å². The van der Waals surface area contributed by atoms with E-state index in [1.807, 2.05) is 0 Å². The summed E-state index contributed by atoms with van der Waals surface area (Å²) < 4.78 is 0. The third-order valence-corrected chi connectivity index (χ3v) is 3.04. The van der Waals surface area contributed by atoms with E-state index in [1.54, 1.807) is 0 Å². The maximum absolute atomic E-state index is 10.4. The zero-order chi connectivity index (χ0) is 12.1. The lowest BCUT2D eigenvalue weighted by atomic mass is 9.97. The van der Waals surface area contributed by atoms with Crippen molar-refractivity contribution >= 4 is 5.97 Å². The summed E-state index contributed by atoms with van der Waals surface area (Å²) in [5, 5.41) is 8.55. The van der Waals surface area contributed by atoms with Crippen molar-refractivity contribution in [1.82, 2.24) is 0 Å². The van der Waals surface area contributed by atoms with Gasteiger partial charge in [-0.25, -0.2) is 0 Å². The largest absolute Gasteiger partial charge is 0.481 e. The van der Waals surface area contributed by atoms with Crippen molar-refractivity contribution in [1.29, 1.82) is 0 Å². The average Bonchev–Trinajstić information content (AvgIpc) is 2.19. The fourth-order valence-electron chi connectivity index (χ4n) is 1.88. The third-order valence-electron chi connectivity index (χ3n) is 3.04. The molecule has 0 bridgehead atoms. The molecule has 88 valence electrons. The molecule has 0 amide bonds. The van der Waals surface area contributed by atoms with Gasteiger partial charge < -0.3 is 5.11 Å². The van der Waals surface area contributed by atoms with Crippen LogP contribution in [0.5, 0.6) is 0 Å². The van der Waals surface area contributed by atoms with E-state index in [1.165, 1.54) is 22.3 Å². The van der Waals surface area contributed by atoms with Crippen LogP contribution in [0.1, 0.15) is 41.5 Å². The Balaban J connectivity index is 2.54. The van der Waals surface area contributed by atoms with Gasteiger partial charge in [-0.3, -0.25) is 4.79 Å². The van der Waals surface area contributed by atoms with Crippen LogP contribution in [0.25, 0.3) is 0 Å². The third kappa shape index (κ3) is 3.69. The SMILES string of the molecule is Cc1cc(C)c(CCCCC(=O)O)cc1C. The van der Waals surface area contributed by atoms with Crippen molar-refractivity contribution < 1.29 is 9.90 Å². The van der Waals surface area contributed by atoms with Gasteiger partial charge in [0, 0.05) is 6.42 Å². The molecule has 0 fully saturated rings. The van der Waals surface area contributed by atoms with Crippen LogP contribution in [-0.2, 0) is 11.2 Å². The summed E-state index contributed by atoms with van der Waals surface area (Å²) in [6, 6.07) is 4.44. The lowest BCUT2D eigenvalue weighted by Gasteiger charge is -2.09. The summed E-state index contributed by atoms with van der Waals surface area (Å²) in [5.74, 6) is -0.697. The fourth-order valence-corrected chi connectivity index (χ4v) is 1.88. The summed E-state index contributed by atoms with van der Waals surface area (Å²) in [6.07, 6.45) is 2.99. The molecule has 0 aliphatic heterocycles. The van der Waals surface area contributed by atoms with Crippen molar-refractivity contribution in [3.05, 3.63) is 34.4 Å². The van der Waals surface area contributed by atoms with Crippen molar-refractivity contribution in [3.63, 3.8) is 0 Å². The minimum Gasteiger partial charge on any atom is -0.481 e. The van der Waals surface area contributed by atoms with E-state index < -0.39 is 5.97 Å². The molecule has 0 atom stereocenters. The number of carboxylic acid groups (broad SMARTS) is 1. The van der Waals surface area contributed by atoms with Gasteiger partial charge >= 0.3 is 5.97 Å². The first-order valence-corrected chi connectivity index (χ1v) is 5.79. The fraction of sp³-hybridized carbons (Fsp3) is 0.500. The number of hydrogen-bond acceptors (Lipinski definition) is 1. The van der Waals surface area contributed by atoms with Crippen LogP contribution >= 0.6 is 0 Å². The Kier molecular flexibility index (Phi) is 4.53. The molecule has 1 aromatic carbocycles. The van der Waals surface area contributed by atoms with Crippen LogP contribution in [0.2, 0.25) is 0 Å². The number of hydrogen-bond donors (Lipinski definition) is 1. The van der Waals surface area contributed by atoms with Gasteiger partial charge in [-0.1, -0.05) is 12.1 Å². The van der Waals surface area contributed by atoms with Gasteiger partial charge in [0.25, 0.3) is 0 Å². The van der Waals surface area contributed by atoms with E-state index in [0.29, 0.717) is 0 Å². The predicted molar refractivity (Wildman–Crippen MR) is 65.8 cm³/mol. The number of benzene rings is 1. The Bertz CT molecular complexity index is 381. The van der Waals surface area contributed by atoms with E-state index in [-0.39, 0.29) is 6.42 Å². The highest BCUT2D eigenvalue weighted by atomic mass is 16.4. The number of carbonyl (C=O) groups is 1. The van der Waals surface area contributed by atoms with Gasteiger partial charge in [-0.2, -0.15) is 0 Å². The Morgan fingerprint density at radius 2 is 1.69 bits per heavy atom. The normalized spacial score (nSPS) is 10.4. The molecule has 2 heteroatoms. The molecule has 0 heterocycles. The lowest BCUT2D eigenvalue weighted by molar-refractivity contribution is -0.137. The maximum Gasteiger partial charge on any atom is 0.303 e. The Labute approximate surface area is 97.3 Å². The highest BCUT2D eigenvalue weighted by molar-refractivity contribution is 5.66. The van der Waals surface area contributed by atoms with Crippen molar-refractivity contribution in [3.8, 4) is 0 Å². The van der Waals surface area contributed by atoms with Crippen LogP contribution in [0.15, 0.2) is 12.1 Å². The smallest absolute Gasteiger partial charge is 0.303 e. The summed E-state index contributed by atoms with van der Waals surface area (Å²) in [6.45, 7) is 6.37. The average molecular weight is 220 g/mol. The quantitative estimate of drug-likeness (QED) is 0.772. The molecular formula is C14H20O2. The summed E-state index contributed by atoms with van der Waals surface area (Å²) in [5.41, 5.74) is 5.32. The summed E-state index contributed by atoms with van der Waals surface area (Å²) >= 11 is 0. The Morgan fingerprint density at radius 3 is 2.31 bits per heavy atom. The molecule has 0 unspecified atom stereocenters. The predicted octanol–water partition coefficient (Wildman–Crippen LogP) is 3.41. The van der Waals surface area contributed by atoms with Gasteiger partial charge in [0.2, 0.25) is 0 Å². The van der Waals surface area contributed by atoms with E-state index in [2.05, 4.69) is 32.9 Å². The second-order valence-corrected chi connectivity index (χ2v) is 4.46. The number of unbranched alkanes of at least 4 members (excludes halogenated alkanes) is 1. The maximum atomic E-state index is 10.4. The molecule has 0 aliphatic carbocycles. The summed E-state index contributed by atoms with van der Waals surface area (Å²) in [4.78, 5) is 10.4. The highest BCUT2D eigenvalue weighted by Gasteiger charge is 2.03. The van der Waals surface area contributed by atoms with Crippen LogP contribution < -0.4 is 0 Å². The van der Waals surface area contributed by atoms with E-state index in [9.17, 15) is 4.79 Å². The zero-order valence-electron chi connectivity index (χ0n) is 10.3. The minimum absolute atomic E-state index is 0.282. The van der Waals surface area contributed by atoms with Crippen LogP contribution in [0.4, 0.5) is 0 Å². The molecule has 0 aliphatic rings. The Morgan fingerprint density at radius 1 is 1.06 bits per heavy atom. The van der Waals surface area contributed by atoms with Crippen LogP contribution in [0, 0.1) is 20.8 Å². The van der Waals surface area contributed by atoms with Crippen LogP contribution in [0.3, 0.4) is 0 Å². The highest BCUT2D eigenvalue weighted by Crippen LogP contribution is 2.17.